The second kappa shape index (κ2) is 5.33. The van der Waals surface area contributed by atoms with E-state index in [1.165, 1.54) is 0 Å². The molecule has 0 unspecified atom stereocenters. The quantitative estimate of drug-likeness (QED) is 0.797. The first-order valence-corrected chi connectivity index (χ1v) is 6.87. The van der Waals surface area contributed by atoms with E-state index in [0.717, 1.165) is 11.1 Å². The molecule has 0 bridgehead atoms. The van der Waals surface area contributed by atoms with E-state index in [9.17, 15) is 0 Å². The molecule has 1 aliphatic rings. The number of benzene rings is 2. The third kappa shape index (κ3) is 2.27. The minimum atomic E-state index is -0.831. The number of alkyl halides is 1. The largest absolute Gasteiger partial charge is 0.339 e. The zero-order valence-corrected chi connectivity index (χ0v) is 11.2. The van der Waals surface area contributed by atoms with Gasteiger partial charge in [-0.1, -0.05) is 60.7 Å². The van der Waals surface area contributed by atoms with E-state index in [2.05, 4.69) is 0 Å². The Bertz CT molecular complexity index is 487. The molecule has 1 atom stereocenters. The number of rotatable bonds is 3. The topological polar surface area (TPSA) is 18.5 Å². The van der Waals surface area contributed by atoms with Crippen LogP contribution in [0.1, 0.15) is 11.1 Å². The maximum atomic E-state index is 6.12. The van der Waals surface area contributed by atoms with Gasteiger partial charge in [0, 0.05) is 11.1 Å². The SMILES string of the molecule is ClC[C@H]1COC(c2ccccc2)(c2ccccc2)O1. The predicted molar refractivity (Wildman–Crippen MR) is 75.2 cm³/mol. The molecule has 0 aromatic heterocycles. The summed E-state index contributed by atoms with van der Waals surface area (Å²) in [4.78, 5) is 0. The lowest BCUT2D eigenvalue weighted by molar-refractivity contribution is -0.140. The van der Waals surface area contributed by atoms with E-state index in [0.29, 0.717) is 12.5 Å². The lowest BCUT2D eigenvalue weighted by atomic mass is 9.97. The van der Waals surface area contributed by atoms with Crippen molar-refractivity contribution in [1.82, 2.24) is 0 Å². The van der Waals surface area contributed by atoms with Crippen molar-refractivity contribution in [2.24, 2.45) is 0 Å². The normalized spacial score (nSPS) is 21.4. The van der Waals surface area contributed by atoms with E-state index < -0.39 is 5.79 Å². The van der Waals surface area contributed by atoms with Crippen molar-refractivity contribution in [3.8, 4) is 0 Å². The van der Waals surface area contributed by atoms with Crippen LogP contribution in [0.15, 0.2) is 60.7 Å². The molecule has 0 radical (unpaired) electrons. The predicted octanol–water partition coefficient (Wildman–Crippen LogP) is 3.54. The van der Waals surface area contributed by atoms with Gasteiger partial charge in [-0.2, -0.15) is 0 Å². The highest BCUT2D eigenvalue weighted by molar-refractivity contribution is 6.18. The van der Waals surface area contributed by atoms with Crippen LogP contribution in [0.5, 0.6) is 0 Å². The monoisotopic (exact) mass is 274 g/mol. The Balaban J connectivity index is 2.07. The van der Waals surface area contributed by atoms with Crippen LogP contribution in [-0.4, -0.2) is 18.6 Å². The van der Waals surface area contributed by atoms with Crippen molar-refractivity contribution < 1.29 is 9.47 Å². The molecule has 1 fully saturated rings. The standard InChI is InChI=1S/C16H15ClO2/c17-11-15-12-18-16(19-15,13-7-3-1-4-8-13)14-9-5-2-6-10-14/h1-10,15H,11-12H2/t15-/m0/s1. The summed E-state index contributed by atoms with van der Waals surface area (Å²) >= 11 is 5.91. The average Bonchev–Trinajstić information content (AvgIpc) is 2.95. The van der Waals surface area contributed by atoms with Gasteiger partial charge in [0.25, 0.3) is 0 Å². The summed E-state index contributed by atoms with van der Waals surface area (Å²) in [5.41, 5.74) is 1.99. The molecular weight excluding hydrogens is 260 g/mol. The summed E-state index contributed by atoms with van der Waals surface area (Å²) in [6.45, 7) is 0.507. The van der Waals surface area contributed by atoms with Crippen molar-refractivity contribution >= 4 is 11.6 Å². The maximum absolute atomic E-state index is 6.12. The Labute approximate surface area is 117 Å². The average molecular weight is 275 g/mol. The van der Waals surface area contributed by atoms with Gasteiger partial charge in [0.1, 0.15) is 0 Å². The van der Waals surface area contributed by atoms with Gasteiger partial charge >= 0.3 is 0 Å². The lowest BCUT2D eigenvalue weighted by Crippen LogP contribution is -2.29. The fourth-order valence-corrected chi connectivity index (χ4v) is 2.53. The molecule has 0 spiro atoms. The Morgan fingerprint density at radius 2 is 1.47 bits per heavy atom. The van der Waals surface area contributed by atoms with Crippen LogP contribution in [0.4, 0.5) is 0 Å². The van der Waals surface area contributed by atoms with E-state index in [1.807, 2.05) is 60.7 Å². The summed E-state index contributed by atoms with van der Waals surface area (Å²) in [6, 6.07) is 20.0. The van der Waals surface area contributed by atoms with Gasteiger partial charge in [-0.15, -0.1) is 11.6 Å². The van der Waals surface area contributed by atoms with E-state index in [-0.39, 0.29) is 6.10 Å². The third-order valence-corrected chi connectivity index (χ3v) is 3.63. The molecule has 2 aromatic rings. The second-order valence-corrected chi connectivity index (χ2v) is 4.86. The van der Waals surface area contributed by atoms with Crippen molar-refractivity contribution in [3.63, 3.8) is 0 Å². The summed E-state index contributed by atoms with van der Waals surface area (Å²) in [5.74, 6) is -0.399. The van der Waals surface area contributed by atoms with E-state index in [1.54, 1.807) is 0 Å². The molecule has 2 aromatic carbocycles. The minimum Gasteiger partial charge on any atom is -0.339 e. The van der Waals surface area contributed by atoms with Gasteiger partial charge in [0.15, 0.2) is 0 Å². The number of hydrogen-bond donors (Lipinski definition) is 0. The molecule has 1 aliphatic heterocycles. The summed E-state index contributed by atoms with van der Waals surface area (Å²) in [5, 5.41) is 0. The molecule has 3 heteroatoms. The highest BCUT2D eigenvalue weighted by Gasteiger charge is 2.44. The van der Waals surface area contributed by atoms with Crippen LogP contribution in [0.2, 0.25) is 0 Å². The van der Waals surface area contributed by atoms with Gasteiger partial charge in [-0.05, 0) is 0 Å². The van der Waals surface area contributed by atoms with Crippen molar-refractivity contribution in [2.45, 2.75) is 11.9 Å². The van der Waals surface area contributed by atoms with Crippen LogP contribution in [0.25, 0.3) is 0 Å². The van der Waals surface area contributed by atoms with Crippen LogP contribution >= 0.6 is 11.6 Å². The van der Waals surface area contributed by atoms with Crippen molar-refractivity contribution in [1.29, 1.82) is 0 Å². The van der Waals surface area contributed by atoms with Crippen LogP contribution in [0, 0.1) is 0 Å². The second-order valence-electron chi connectivity index (χ2n) is 4.55. The highest BCUT2D eigenvalue weighted by atomic mass is 35.5. The molecule has 0 saturated carbocycles. The minimum absolute atomic E-state index is 0.0814. The zero-order chi connectivity index (χ0) is 13.1. The van der Waals surface area contributed by atoms with Crippen molar-refractivity contribution in [3.05, 3.63) is 71.8 Å². The Hall–Kier alpha value is -1.35. The van der Waals surface area contributed by atoms with E-state index in [4.69, 9.17) is 21.1 Å². The van der Waals surface area contributed by atoms with Gasteiger partial charge in [-0.3, -0.25) is 0 Å². The molecule has 1 saturated heterocycles. The molecule has 0 aliphatic carbocycles. The van der Waals surface area contributed by atoms with Gasteiger partial charge in [-0.25, -0.2) is 0 Å². The van der Waals surface area contributed by atoms with Crippen molar-refractivity contribution in [2.75, 3.05) is 12.5 Å². The molecule has 1 heterocycles. The molecule has 2 nitrogen and oxygen atoms in total. The fraction of sp³-hybridized carbons (Fsp3) is 0.250. The lowest BCUT2D eigenvalue weighted by Gasteiger charge is -2.29. The molecule has 0 amide bonds. The first kappa shape index (κ1) is 12.7. The summed E-state index contributed by atoms with van der Waals surface area (Å²) < 4.78 is 12.1. The molecule has 19 heavy (non-hydrogen) atoms. The van der Waals surface area contributed by atoms with Gasteiger partial charge in [0.05, 0.1) is 18.6 Å². The Morgan fingerprint density at radius 3 is 1.89 bits per heavy atom. The number of ether oxygens (including phenoxy) is 2. The fourth-order valence-electron chi connectivity index (χ4n) is 2.37. The van der Waals surface area contributed by atoms with Crippen LogP contribution < -0.4 is 0 Å². The first-order valence-electron chi connectivity index (χ1n) is 6.34. The zero-order valence-electron chi connectivity index (χ0n) is 10.5. The number of halogens is 1. The highest BCUT2D eigenvalue weighted by Crippen LogP contribution is 2.40. The van der Waals surface area contributed by atoms with Crippen LogP contribution in [-0.2, 0) is 15.3 Å². The molecular formula is C16H15ClO2. The molecule has 98 valence electrons. The summed E-state index contributed by atoms with van der Waals surface area (Å²) in [7, 11) is 0. The van der Waals surface area contributed by atoms with Gasteiger partial charge < -0.3 is 9.47 Å². The summed E-state index contributed by atoms with van der Waals surface area (Å²) in [6.07, 6.45) is -0.0814. The first-order chi connectivity index (χ1) is 9.35. The van der Waals surface area contributed by atoms with Gasteiger partial charge in [0.2, 0.25) is 5.79 Å². The smallest absolute Gasteiger partial charge is 0.222 e. The molecule has 3 rings (SSSR count). The Kier molecular flexibility index (Phi) is 3.56. The maximum Gasteiger partial charge on any atom is 0.222 e. The molecule has 0 N–H and O–H groups in total. The number of hydrogen-bond acceptors (Lipinski definition) is 2. The Morgan fingerprint density at radius 1 is 0.947 bits per heavy atom. The third-order valence-electron chi connectivity index (χ3n) is 3.28. The van der Waals surface area contributed by atoms with E-state index >= 15 is 0 Å². The van der Waals surface area contributed by atoms with Crippen LogP contribution in [0.3, 0.4) is 0 Å².